The average Bonchev–Trinajstić information content (AvgIpc) is 2.35. The highest BCUT2D eigenvalue weighted by Crippen LogP contribution is 2.39. The summed E-state index contributed by atoms with van der Waals surface area (Å²) in [6.45, 7) is 1.05. The average molecular weight is 275 g/mol. The van der Waals surface area contributed by atoms with E-state index in [1.54, 1.807) is 12.1 Å². The van der Waals surface area contributed by atoms with Crippen molar-refractivity contribution in [2.75, 3.05) is 26.1 Å². The van der Waals surface area contributed by atoms with Crippen LogP contribution in [0.4, 0.5) is 0 Å². The zero-order chi connectivity index (χ0) is 12.3. The Morgan fingerprint density at radius 2 is 2.06 bits per heavy atom. The lowest BCUT2D eigenvalue weighted by atomic mass is 10.3. The largest absolute Gasteiger partial charge is 0.486 e. The van der Waals surface area contributed by atoms with E-state index in [2.05, 4.69) is 4.74 Å². The van der Waals surface area contributed by atoms with Gasteiger partial charge in [0.05, 0.1) is 17.9 Å². The molecule has 0 saturated heterocycles. The fourth-order valence-electron chi connectivity index (χ4n) is 1.35. The van der Waals surface area contributed by atoms with E-state index in [4.69, 9.17) is 21.1 Å². The molecule has 17 heavy (non-hydrogen) atoms. The predicted octanol–water partition coefficient (Wildman–Crippen LogP) is 2.38. The second kappa shape index (κ2) is 5.51. The van der Waals surface area contributed by atoms with Crippen LogP contribution in [0.25, 0.3) is 0 Å². The number of hydrogen-bond acceptors (Lipinski definition) is 5. The standard InChI is InChI=1S/C11H11ClO4S/c1-14-11(13)6-17-10-5-9-8(4-7(10)12)15-2-3-16-9/h4-5H,2-3,6H2,1H3. The van der Waals surface area contributed by atoms with Gasteiger partial charge in [0.1, 0.15) is 13.2 Å². The smallest absolute Gasteiger partial charge is 0.315 e. The third kappa shape index (κ3) is 2.98. The summed E-state index contributed by atoms with van der Waals surface area (Å²) in [5.41, 5.74) is 0. The number of rotatable bonds is 3. The molecule has 0 aliphatic carbocycles. The van der Waals surface area contributed by atoms with Gasteiger partial charge in [0.15, 0.2) is 11.5 Å². The maximum atomic E-state index is 11.0. The van der Waals surface area contributed by atoms with Gasteiger partial charge in [-0.05, 0) is 6.07 Å². The van der Waals surface area contributed by atoms with Gasteiger partial charge in [-0.25, -0.2) is 0 Å². The van der Waals surface area contributed by atoms with E-state index in [-0.39, 0.29) is 11.7 Å². The second-order valence-corrected chi connectivity index (χ2v) is 4.72. The van der Waals surface area contributed by atoms with Crippen LogP contribution in [0.3, 0.4) is 0 Å². The Bertz CT molecular complexity index is 436. The van der Waals surface area contributed by atoms with E-state index in [0.717, 1.165) is 4.90 Å². The van der Waals surface area contributed by atoms with Crippen LogP contribution in [0.1, 0.15) is 0 Å². The number of hydrogen-bond donors (Lipinski definition) is 0. The normalized spacial score (nSPS) is 13.3. The minimum Gasteiger partial charge on any atom is -0.486 e. The van der Waals surface area contributed by atoms with Crippen molar-refractivity contribution in [2.24, 2.45) is 0 Å². The van der Waals surface area contributed by atoms with Gasteiger partial charge in [-0.1, -0.05) is 11.6 Å². The molecule has 0 saturated carbocycles. The Balaban J connectivity index is 2.14. The molecule has 0 bridgehead atoms. The van der Waals surface area contributed by atoms with Crippen LogP contribution in [-0.4, -0.2) is 32.0 Å². The maximum Gasteiger partial charge on any atom is 0.315 e. The van der Waals surface area contributed by atoms with E-state index in [1.165, 1.54) is 18.9 Å². The lowest BCUT2D eigenvalue weighted by Gasteiger charge is -2.19. The highest BCUT2D eigenvalue weighted by Gasteiger charge is 2.16. The Morgan fingerprint density at radius 1 is 1.41 bits per heavy atom. The summed E-state index contributed by atoms with van der Waals surface area (Å²) in [6.07, 6.45) is 0. The Labute approximate surface area is 108 Å². The van der Waals surface area contributed by atoms with Crippen molar-refractivity contribution >= 4 is 29.3 Å². The molecule has 92 valence electrons. The van der Waals surface area contributed by atoms with Crippen LogP contribution in [0.15, 0.2) is 17.0 Å². The van der Waals surface area contributed by atoms with Gasteiger partial charge in [-0.15, -0.1) is 11.8 Å². The van der Waals surface area contributed by atoms with Gasteiger partial charge in [-0.2, -0.15) is 0 Å². The molecular formula is C11H11ClO4S. The quantitative estimate of drug-likeness (QED) is 0.625. The predicted molar refractivity (Wildman–Crippen MR) is 65.2 cm³/mol. The third-order valence-electron chi connectivity index (χ3n) is 2.17. The van der Waals surface area contributed by atoms with Gasteiger partial charge < -0.3 is 14.2 Å². The number of esters is 1. The Hall–Kier alpha value is -1.07. The van der Waals surface area contributed by atoms with E-state index in [1.807, 2.05) is 0 Å². The minimum absolute atomic E-state index is 0.218. The van der Waals surface area contributed by atoms with Gasteiger partial charge >= 0.3 is 5.97 Å². The van der Waals surface area contributed by atoms with Crippen molar-refractivity contribution in [3.8, 4) is 11.5 Å². The van der Waals surface area contributed by atoms with E-state index in [0.29, 0.717) is 29.7 Å². The first kappa shape index (κ1) is 12.4. The molecule has 6 heteroatoms. The molecule has 0 radical (unpaired) electrons. The van der Waals surface area contributed by atoms with E-state index >= 15 is 0 Å². The summed E-state index contributed by atoms with van der Waals surface area (Å²) in [7, 11) is 1.36. The molecule has 1 aliphatic rings. The zero-order valence-corrected chi connectivity index (χ0v) is 10.8. The summed E-state index contributed by atoms with van der Waals surface area (Å²) in [6, 6.07) is 3.49. The van der Waals surface area contributed by atoms with Crippen LogP contribution in [0.5, 0.6) is 11.5 Å². The molecule has 0 amide bonds. The second-order valence-electron chi connectivity index (χ2n) is 3.29. The molecule has 1 heterocycles. The summed E-state index contributed by atoms with van der Waals surface area (Å²) < 4.78 is 15.4. The van der Waals surface area contributed by atoms with Crippen molar-refractivity contribution < 1.29 is 19.0 Å². The summed E-state index contributed by atoms with van der Waals surface area (Å²) >= 11 is 7.39. The van der Waals surface area contributed by atoms with Gasteiger partial charge in [-0.3, -0.25) is 4.79 Å². The van der Waals surface area contributed by atoms with Crippen LogP contribution < -0.4 is 9.47 Å². The van der Waals surface area contributed by atoms with Crippen molar-refractivity contribution in [1.29, 1.82) is 0 Å². The van der Waals surface area contributed by atoms with E-state index < -0.39 is 0 Å². The Morgan fingerprint density at radius 3 is 2.71 bits per heavy atom. The van der Waals surface area contributed by atoms with Gasteiger partial charge in [0.25, 0.3) is 0 Å². The van der Waals surface area contributed by atoms with Crippen molar-refractivity contribution in [3.05, 3.63) is 17.2 Å². The molecule has 0 fully saturated rings. The van der Waals surface area contributed by atoms with Crippen molar-refractivity contribution in [3.63, 3.8) is 0 Å². The SMILES string of the molecule is COC(=O)CSc1cc2c(cc1Cl)OCCO2. The van der Waals surface area contributed by atoms with Gasteiger partial charge in [0.2, 0.25) is 0 Å². The summed E-state index contributed by atoms with van der Waals surface area (Å²) in [5, 5.41) is 0.545. The van der Waals surface area contributed by atoms with Crippen LogP contribution in [0.2, 0.25) is 5.02 Å². The number of fused-ring (bicyclic) bond motifs is 1. The minimum atomic E-state index is -0.291. The number of methoxy groups -OCH3 is 1. The first-order valence-electron chi connectivity index (χ1n) is 4.99. The lowest BCUT2D eigenvalue weighted by Crippen LogP contribution is -2.15. The molecule has 0 spiro atoms. The molecule has 0 N–H and O–H groups in total. The zero-order valence-electron chi connectivity index (χ0n) is 9.20. The molecule has 1 aromatic rings. The summed E-state index contributed by atoms with van der Waals surface area (Å²) in [4.78, 5) is 11.8. The number of ether oxygens (including phenoxy) is 3. The fourth-order valence-corrected chi connectivity index (χ4v) is 2.45. The number of halogens is 1. The molecule has 0 atom stereocenters. The molecule has 4 nitrogen and oxygen atoms in total. The molecular weight excluding hydrogens is 264 g/mol. The highest BCUT2D eigenvalue weighted by molar-refractivity contribution is 8.00. The van der Waals surface area contributed by atoms with Gasteiger partial charge in [0, 0.05) is 11.0 Å². The lowest BCUT2D eigenvalue weighted by molar-refractivity contribution is -0.137. The topological polar surface area (TPSA) is 44.8 Å². The first-order valence-corrected chi connectivity index (χ1v) is 6.36. The van der Waals surface area contributed by atoms with Crippen LogP contribution in [0, 0.1) is 0 Å². The number of carbonyl (C=O) groups is 1. The molecule has 0 aromatic heterocycles. The highest BCUT2D eigenvalue weighted by atomic mass is 35.5. The monoisotopic (exact) mass is 274 g/mol. The van der Waals surface area contributed by atoms with E-state index in [9.17, 15) is 4.79 Å². The van der Waals surface area contributed by atoms with Crippen molar-refractivity contribution in [2.45, 2.75) is 4.90 Å². The number of benzene rings is 1. The maximum absolute atomic E-state index is 11.0. The number of carbonyl (C=O) groups excluding carboxylic acids is 1. The van der Waals surface area contributed by atoms with Crippen LogP contribution >= 0.6 is 23.4 Å². The summed E-state index contributed by atoms with van der Waals surface area (Å²) in [5.74, 6) is 1.23. The fraction of sp³-hybridized carbons (Fsp3) is 0.364. The molecule has 0 unspecified atom stereocenters. The third-order valence-corrected chi connectivity index (χ3v) is 3.62. The molecule has 1 aliphatic heterocycles. The van der Waals surface area contributed by atoms with Crippen LogP contribution in [-0.2, 0) is 9.53 Å². The molecule has 2 rings (SSSR count). The number of thioether (sulfide) groups is 1. The van der Waals surface area contributed by atoms with Crippen molar-refractivity contribution in [1.82, 2.24) is 0 Å². The molecule has 1 aromatic carbocycles. The Kier molecular flexibility index (Phi) is 4.02. The first-order chi connectivity index (χ1) is 8.20.